The molecule has 0 radical (unpaired) electrons. The molecule has 0 N–H and O–H groups in total. The summed E-state index contributed by atoms with van der Waals surface area (Å²) in [5.41, 5.74) is 0.168. The topological polar surface area (TPSA) is 91.6 Å². The van der Waals surface area contributed by atoms with Gasteiger partial charge in [0.2, 0.25) is 5.75 Å². The number of nitro groups is 1. The van der Waals surface area contributed by atoms with Gasteiger partial charge in [0.25, 0.3) is 5.69 Å². The first-order valence-electron chi connectivity index (χ1n) is 4.97. The molecule has 0 spiro atoms. The van der Waals surface area contributed by atoms with Crippen molar-refractivity contribution in [1.29, 1.82) is 0 Å². The lowest BCUT2D eigenvalue weighted by atomic mass is 10.2. The van der Waals surface area contributed by atoms with Gasteiger partial charge in [-0.15, -0.1) is 0 Å². The second-order valence-corrected chi connectivity index (χ2v) is 3.40. The molecule has 0 aliphatic heterocycles. The van der Waals surface area contributed by atoms with Crippen molar-refractivity contribution in [3.8, 4) is 5.75 Å². The van der Waals surface area contributed by atoms with Crippen LogP contribution in [-0.4, -0.2) is 15.9 Å². The number of aromatic nitrogens is 1. The number of pyridine rings is 1. The molecule has 0 saturated heterocycles. The van der Waals surface area contributed by atoms with Crippen molar-refractivity contribution in [3.05, 3.63) is 40.6 Å². The quantitative estimate of drug-likeness (QED) is 0.468. The lowest BCUT2D eigenvalue weighted by Gasteiger charge is -2.05. The number of nitro benzene ring substituents is 1. The standard InChI is InChI=1S/C11H8N2O5/c1-7(14)17-18-10-5-4-9(13(15)16)8-3-2-6-12-11(8)10/h2-6H,1H3. The van der Waals surface area contributed by atoms with Gasteiger partial charge in [0, 0.05) is 19.2 Å². The second kappa shape index (κ2) is 4.66. The van der Waals surface area contributed by atoms with Crippen molar-refractivity contribution >= 4 is 22.6 Å². The summed E-state index contributed by atoms with van der Waals surface area (Å²) < 4.78 is 0. The number of benzene rings is 1. The van der Waals surface area contributed by atoms with E-state index in [1.165, 1.54) is 25.3 Å². The van der Waals surface area contributed by atoms with Crippen LogP contribution in [-0.2, 0) is 9.68 Å². The zero-order chi connectivity index (χ0) is 13.1. The number of fused-ring (bicyclic) bond motifs is 1. The number of carbonyl (C=O) groups is 1. The van der Waals surface area contributed by atoms with Crippen LogP contribution in [0, 0.1) is 10.1 Å². The van der Waals surface area contributed by atoms with Gasteiger partial charge in [-0.05, 0) is 18.2 Å². The molecule has 1 aromatic heterocycles. The molecule has 92 valence electrons. The van der Waals surface area contributed by atoms with Gasteiger partial charge < -0.3 is 0 Å². The van der Waals surface area contributed by atoms with Gasteiger partial charge in [0.15, 0.2) is 0 Å². The van der Waals surface area contributed by atoms with E-state index in [0.717, 1.165) is 0 Å². The molecular formula is C11H8N2O5. The molecule has 0 aliphatic rings. The van der Waals surface area contributed by atoms with Crippen LogP contribution in [0.3, 0.4) is 0 Å². The van der Waals surface area contributed by atoms with Gasteiger partial charge in [0.1, 0.15) is 5.52 Å². The van der Waals surface area contributed by atoms with E-state index in [1.807, 2.05) is 0 Å². The summed E-state index contributed by atoms with van der Waals surface area (Å²) in [4.78, 5) is 34.1. The maximum absolute atomic E-state index is 10.8. The van der Waals surface area contributed by atoms with Crippen LogP contribution >= 0.6 is 0 Å². The number of hydrogen-bond donors (Lipinski definition) is 0. The van der Waals surface area contributed by atoms with Crippen LogP contribution < -0.4 is 4.89 Å². The van der Waals surface area contributed by atoms with Crippen molar-refractivity contribution in [2.45, 2.75) is 6.92 Å². The first-order valence-corrected chi connectivity index (χ1v) is 4.97. The molecule has 2 rings (SSSR count). The van der Waals surface area contributed by atoms with Gasteiger partial charge in [-0.2, -0.15) is 0 Å². The number of hydrogen-bond acceptors (Lipinski definition) is 6. The fourth-order valence-corrected chi connectivity index (χ4v) is 1.46. The van der Waals surface area contributed by atoms with E-state index >= 15 is 0 Å². The zero-order valence-corrected chi connectivity index (χ0v) is 9.32. The zero-order valence-electron chi connectivity index (χ0n) is 9.32. The average molecular weight is 248 g/mol. The number of nitrogens with zero attached hydrogens (tertiary/aromatic N) is 2. The van der Waals surface area contributed by atoms with E-state index in [9.17, 15) is 14.9 Å². The molecule has 1 aromatic carbocycles. The van der Waals surface area contributed by atoms with Gasteiger partial charge >= 0.3 is 5.97 Å². The maximum atomic E-state index is 10.8. The highest BCUT2D eigenvalue weighted by Gasteiger charge is 2.16. The summed E-state index contributed by atoms with van der Waals surface area (Å²) in [5, 5.41) is 11.2. The summed E-state index contributed by atoms with van der Waals surface area (Å²) in [6.07, 6.45) is 1.46. The van der Waals surface area contributed by atoms with Crippen LogP contribution in [0.5, 0.6) is 5.75 Å². The molecule has 7 nitrogen and oxygen atoms in total. The molecule has 1 heterocycles. The van der Waals surface area contributed by atoms with Crippen LogP contribution in [0.4, 0.5) is 5.69 Å². The molecule has 0 unspecified atom stereocenters. The predicted octanol–water partition coefficient (Wildman–Crippen LogP) is 2.00. The third-order valence-corrected chi connectivity index (χ3v) is 2.16. The van der Waals surface area contributed by atoms with Crippen molar-refractivity contribution in [1.82, 2.24) is 4.98 Å². The van der Waals surface area contributed by atoms with Gasteiger partial charge in [-0.25, -0.2) is 4.79 Å². The maximum Gasteiger partial charge on any atom is 0.352 e. The highest BCUT2D eigenvalue weighted by Crippen LogP contribution is 2.31. The lowest BCUT2D eigenvalue weighted by molar-refractivity contribution is -0.383. The SMILES string of the molecule is CC(=O)OOc1ccc([N+](=O)[O-])c2cccnc12. The van der Waals surface area contributed by atoms with E-state index in [1.54, 1.807) is 12.1 Å². The summed E-state index contributed by atoms with van der Waals surface area (Å²) >= 11 is 0. The minimum Gasteiger partial charge on any atom is -0.285 e. The first kappa shape index (κ1) is 11.8. The van der Waals surface area contributed by atoms with E-state index < -0.39 is 10.9 Å². The number of non-ortho nitro benzene ring substituents is 1. The van der Waals surface area contributed by atoms with Crippen molar-refractivity contribution < 1.29 is 19.5 Å². The van der Waals surface area contributed by atoms with Crippen LogP contribution in [0.25, 0.3) is 10.9 Å². The smallest absolute Gasteiger partial charge is 0.285 e. The summed E-state index contributed by atoms with van der Waals surface area (Å²) in [6.45, 7) is 1.18. The minimum atomic E-state index is -0.627. The van der Waals surface area contributed by atoms with E-state index in [4.69, 9.17) is 4.89 Å². The Bertz CT molecular complexity index is 626. The van der Waals surface area contributed by atoms with Gasteiger partial charge in [-0.1, -0.05) is 0 Å². The Morgan fingerprint density at radius 3 is 2.83 bits per heavy atom. The third kappa shape index (κ3) is 2.19. The molecule has 18 heavy (non-hydrogen) atoms. The molecule has 0 bridgehead atoms. The Morgan fingerprint density at radius 1 is 1.39 bits per heavy atom. The molecule has 0 saturated carbocycles. The summed E-state index contributed by atoms with van der Waals surface area (Å²) in [7, 11) is 0. The highest BCUT2D eigenvalue weighted by atomic mass is 17.2. The fraction of sp³-hybridized carbons (Fsp3) is 0.0909. The van der Waals surface area contributed by atoms with E-state index in [-0.39, 0.29) is 17.0 Å². The van der Waals surface area contributed by atoms with Crippen molar-refractivity contribution in [3.63, 3.8) is 0 Å². The molecule has 0 aliphatic carbocycles. The van der Waals surface area contributed by atoms with Gasteiger partial charge in [-0.3, -0.25) is 24.9 Å². The normalized spacial score (nSPS) is 10.1. The molecular weight excluding hydrogens is 240 g/mol. The van der Waals surface area contributed by atoms with Crippen LogP contribution in [0.2, 0.25) is 0 Å². The Labute approximate surface area is 101 Å². The average Bonchev–Trinajstić information content (AvgIpc) is 2.35. The number of rotatable bonds is 3. The lowest BCUT2D eigenvalue weighted by Crippen LogP contribution is -2.04. The summed E-state index contributed by atoms with van der Waals surface area (Å²) in [5.74, 6) is -0.483. The molecule has 7 heteroatoms. The van der Waals surface area contributed by atoms with Crippen molar-refractivity contribution in [2.75, 3.05) is 0 Å². The van der Waals surface area contributed by atoms with Crippen LogP contribution in [0.15, 0.2) is 30.5 Å². The fourth-order valence-electron chi connectivity index (χ4n) is 1.46. The van der Waals surface area contributed by atoms with Crippen LogP contribution in [0.1, 0.15) is 6.92 Å². The Hall–Kier alpha value is -2.70. The number of carbonyl (C=O) groups excluding carboxylic acids is 1. The molecule has 2 aromatic rings. The van der Waals surface area contributed by atoms with Crippen molar-refractivity contribution in [2.24, 2.45) is 0 Å². The minimum absolute atomic E-state index is 0.0896. The van der Waals surface area contributed by atoms with Gasteiger partial charge in [0.05, 0.1) is 10.3 Å². The Balaban J connectivity index is 2.53. The monoisotopic (exact) mass is 248 g/mol. The predicted molar refractivity (Wildman–Crippen MR) is 60.8 cm³/mol. The van der Waals surface area contributed by atoms with E-state index in [2.05, 4.69) is 9.87 Å². The Kier molecular flexibility index (Phi) is 3.05. The Morgan fingerprint density at radius 2 is 2.17 bits per heavy atom. The largest absolute Gasteiger partial charge is 0.352 e. The second-order valence-electron chi connectivity index (χ2n) is 3.40. The molecule has 0 atom stereocenters. The van der Waals surface area contributed by atoms with E-state index in [0.29, 0.717) is 5.39 Å². The summed E-state index contributed by atoms with van der Waals surface area (Å²) in [6, 6.07) is 5.71. The third-order valence-electron chi connectivity index (χ3n) is 2.16. The highest BCUT2D eigenvalue weighted by molar-refractivity contribution is 5.92. The first-order chi connectivity index (χ1) is 8.59. The molecule has 0 fully saturated rings. The molecule has 0 amide bonds.